The van der Waals surface area contributed by atoms with Gasteiger partial charge in [0.1, 0.15) is 10.7 Å². The Morgan fingerprint density at radius 3 is 3.06 bits per heavy atom. The van der Waals surface area contributed by atoms with Crippen LogP contribution in [0.2, 0.25) is 5.02 Å². The van der Waals surface area contributed by atoms with E-state index in [1.807, 2.05) is 0 Å². The highest BCUT2D eigenvalue weighted by Crippen LogP contribution is 2.39. The molecule has 0 aromatic heterocycles. The molecule has 1 N–H and O–H groups in total. The molecule has 3 nitrogen and oxygen atoms in total. The molecule has 2 rings (SSSR count). The number of esters is 1. The summed E-state index contributed by atoms with van der Waals surface area (Å²) in [6.45, 7) is 2.03. The van der Waals surface area contributed by atoms with Crippen LogP contribution in [0.4, 0.5) is 10.1 Å². The third-order valence-electron chi connectivity index (χ3n) is 2.08. The molecule has 90 valence electrons. The van der Waals surface area contributed by atoms with Gasteiger partial charge in [-0.05, 0) is 19.1 Å². The summed E-state index contributed by atoms with van der Waals surface area (Å²) in [6, 6.07) is 2.78. The van der Waals surface area contributed by atoms with E-state index in [1.165, 1.54) is 18.3 Å². The lowest BCUT2D eigenvalue weighted by atomic mass is 10.3. The SMILES string of the molecule is CCOC(=O)C1=CNc2cc(Cl)c(F)cc2S1. The average Bonchev–Trinajstić information content (AvgIpc) is 2.30. The van der Waals surface area contributed by atoms with Crippen LogP contribution in [-0.4, -0.2) is 12.6 Å². The Labute approximate surface area is 107 Å². The van der Waals surface area contributed by atoms with Crippen LogP contribution in [0, 0.1) is 5.82 Å². The lowest BCUT2D eigenvalue weighted by Crippen LogP contribution is -2.10. The molecule has 0 radical (unpaired) electrons. The van der Waals surface area contributed by atoms with Gasteiger partial charge in [-0.25, -0.2) is 9.18 Å². The fourth-order valence-corrected chi connectivity index (χ4v) is 2.37. The standard InChI is InChI=1S/C11H9ClFNO2S/c1-2-16-11(15)10-5-14-8-3-6(12)7(13)4-9(8)17-10/h3-5,14H,2H2,1H3. The molecule has 0 spiro atoms. The zero-order chi connectivity index (χ0) is 12.4. The Morgan fingerprint density at radius 1 is 1.59 bits per heavy atom. The molecule has 6 heteroatoms. The van der Waals surface area contributed by atoms with E-state index in [-0.39, 0.29) is 5.02 Å². The number of thioether (sulfide) groups is 1. The van der Waals surface area contributed by atoms with Crippen molar-refractivity contribution in [1.29, 1.82) is 0 Å². The number of fused-ring (bicyclic) bond motifs is 1. The largest absolute Gasteiger partial charge is 0.462 e. The number of hydrogen-bond donors (Lipinski definition) is 1. The number of benzene rings is 1. The third-order valence-corrected chi connectivity index (χ3v) is 3.43. The number of anilines is 1. The predicted molar refractivity (Wildman–Crippen MR) is 65.6 cm³/mol. The van der Waals surface area contributed by atoms with Crippen molar-refractivity contribution in [3.63, 3.8) is 0 Å². The van der Waals surface area contributed by atoms with E-state index in [1.54, 1.807) is 6.92 Å². The normalized spacial score (nSPS) is 13.5. The van der Waals surface area contributed by atoms with E-state index in [9.17, 15) is 9.18 Å². The number of halogens is 2. The zero-order valence-electron chi connectivity index (χ0n) is 8.92. The van der Waals surface area contributed by atoms with Crippen molar-refractivity contribution in [2.75, 3.05) is 11.9 Å². The number of nitrogens with one attached hydrogen (secondary N) is 1. The Hall–Kier alpha value is -1.20. The molecule has 0 unspecified atom stereocenters. The van der Waals surface area contributed by atoms with Crippen molar-refractivity contribution < 1.29 is 13.9 Å². The summed E-state index contributed by atoms with van der Waals surface area (Å²) in [7, 11) is 0. The van der Waals surface area contributed by atoms with Gasteiger partial charge in [-0.2, -0.15) is 0 Å². The first kappa shape index (κ1) is 12.3. The van der Waals surface area contributed by atoms with Gasteiger partial charge in [0, 0.05) is 11.1 Å². The molecule has 1 heterocycles. The Kier molecular flexibility index (Phi) is 3.59. The van der Waals surface area contributed by atoms with Gasteiger partial charge in [0.15, 0.2) is 0 Å². The van der Waals surface area contributed by atoms with Gasteiger partial charge in [0.25, 0.3) is 0 Å². The van der Waals surface area contributed by atoms with Crippen LogP contribution < -0.4 is 5.32 Å². The van der Waals surface area contributed by atoms with E-state index in [4.69, 9.17) is 16.3 Å². The molecule has 17 heavy (non-hydrogen) atoms. The van der Waals surface area contributed by atoms with Gasteiger partial charge in [0.05, 0.1) is 17.3 Å². The van der Waals surface area contributed by atoms with Crippen LogP contribution in [0.5, 0.6) is 0 Å². The highest BCUT2D eigenvalue weighted by Gasteiger charge is 2.20. The van der Waals surface area contributed by atoms with Crippen LogP contribution in [-0.2, 0) is 9.53 Å². The number of ether oxygens (including phenoxy) is 1. The molecule has 0 amide bonds. The first-order valence-electron chi connectivity index (χ1n) is 4.92. The van der Waals surface area contributed by atoms with Crippen LogP contribution >= 0.6 is 23.4 Å². The van der Waals surface area contributed by atoms with Gasteiger partial charge < -0.3 is 10.1 Å². The zero-order valence-corrected chi connectivity index (χ0v) is 10.5. The first-order valence-corrected chi connectivity index (χ1v) is 6.12. The average molecular weight is 274 g/mol. The minimum atomic E-state index is -0.509. The van der Waals surface area contributed by atoms with Gasteiger partial charge in [-0.15, -0.1) is 0 Å². The number of rotatable bonds is 2. The van der Waals surface area contributed by atoms with E-state index in [0.717, 1.165) is 11.8 Å². The molecular formula is C11H9ClFNO2S. The maximum absolute atomic E-state index is 13.3. The van der Waals surface area contributed by atoms with Crippen molar-refractivity contribution in [3.05, 3.63) is 34.1 Å². The van der Waals surface area contributed by atoms with Crippen molar-refractivity contribution in [2.45, 2.75) is 11.8 Å². The molecule has 0 bridgehead atoms. The molecule has 1 aliphatic rings. The summed E-state index contributed by atoms with van der Waals surface area (Å²) < 4.78 is 18.1. The predicted octanol–water partition coefficient (Wildman–Crippen LogP) is 3.40. The summed E-state index contributed by atoms with van der Waals surface area (Å²) >= 11 is 6.81. The van der Waals surface area contributed by atoms with Gasteiger partial charge >= 0.3 is 5.97 Å². The second-order valence-electron chi connectivity index (χ2n) is 3.24. The molecule has 0 saturated heterocycles. The van der Waals surface area contributed by atoms with Gasteiger partial charge in [0.2, 0.25) is 0 Å². The molecule has 1 aromatic carbocycles. The second-order valence-corrected chi connectivity index (χ2v) is 4.73. The summed E-state index contributed by atoms with van der Waals surface area (Å²) in [5, 5.41) is 2.93. The quantitative estimate of drug-likeness (QED) is 0.838. The Bertz CT molecular complexity index is 504. The third kappa shape index (κ3) is 2.56. The molecule has 0 aliphatic carbocycles. The van der Waals surface area contributed by atoms with E-state index in [0.29, 0.717) is 22.1 Å². The molecule has 0 atom stereocenters. The number of carbonyl (C=O) groups excluding carboxylic acids is 1. The Balaban J connectivity index is 2.24. The fraction of sp³-hybridized carbons (Fsp3) is 0.182. The van der Waals surface area contributed by atoms with Crippen LogP contribution in [0.25, 0.3) is 0 Å². The number of hydrogen-bond acceptors (Lipinski definition) is 4. The van der Waals surface area contributed by atoms with Crippen LogP contribution in [0.15, 0.2) is 28.1 Å². The smallest absolute Gasteiger partial charge is 0.346 e. The van der Waals surface area contributed by atoms with Crippen molar-refractivity contribution in [1.82, 2.24) is 0 Å². The Morgan fingerprint density at radius 2 is 2.35 bits per heavy atom. The van der Waals surface area contributed by atoms with E-state index >= 15 is 0 Å². The summed E-state index contributed by atoms with van der Waals surface area (Å²) in [4.78, 5) is 12.5. The molecule has 1 aromatic rings. The lowest BCUT2D eigenvalue weighted by molar-refractivity contribution is -0.137. The molecule has 0 fully saturated rings. The monoisotopic (exact) mass is 273 g/mol. The maximum atomic E-state index is 13.3. The number of carbonyl (C=O) groups is 1. The maximum Gasteiger partial charge on any atom is 0.346 e. The molecule has 1 aliphatic heterocycles. The summed E-state index contributed by atoms with van der Waals surface area (Å²) in [5.74, 6) is -0.934. The fourth-order valence-electron chi connectivity index (χ4n) is 1.32. The second kappa shape index (κ2) is 4.98. The van der Waals surface area contributed by atoms with Crippen LogP contribution in [0.3, 0.4) is 0 Å². The van der Waals surface area contributed by atoms with E-state index < -0.39 is 11.8 Å². The topological polar surface area (TPSA) is 38.3 Å². The summed E-state index contributed by atoms with van der Waals surface area (Å²) in [6.07, 6.45) is 1.53. The van der Waals surface area contributed by atoms with Gasteiger partial charge in [-0.3, -0.25) is 0 Å². The minimum absolute atomic E-state index is 0.0461. The summed E-state index contributed by atoms with van der Waals surface area (Å²) in [5.41, 5.74) is 0.675. The highest BCUT2D eigenvalue weighted by atomic mass is 35.5. The van der Waals surface area contributed by atoms with Crippen molar-refractivity contribution in [3.8, 4) is 0 Å². The van der Waals surface area contributed by atoms with Crippen LogP contribution in [0.1, 0.15) is 6.92 Å². The van der Waals surface area contributed by atoms with Crippen molar-refractivity contribution >= 4 is 35.0 Å². The first-order chi connectivity index (χ1) is 8.11. The van der Waals surface area contributed by atoms with Gasteiger partial charge in [-0.1, -0.05) is 23.4 Å². The van der Waals surface area contributed by atoms with Crippen molar-refractivity contribution in [2.24, 2.45) is 0 Å². The minimum Gasteiger partial charge on any atom is -0.462 e. The van der Waals surface area contributed by atoms with E-state index in [2.05, 4.69) is 5.32 Å². The molecular weight excluding hydrogens is 265 g/mol. The molecule has 0 saturated carbocycles. The highest BCUT2D eigenvalue weighted by molar-refractivity contribution is 8.04. The lowest BCUT2D eigenvalue weighted by Gasteiger charge is -2.17.